The molecule has 1 aromatic heterocycles. The molecule has 0 saturated heterocycles. The predicted molar refractivity (Wildman–Crippen MR) is 112 cm³/mol. The summed E-state index contributed by atoms with van der Waals surface area (Å²) in [4.78, 5) is 12.5. The average Bonchev–Trinajstić information content (AvgIpc) is 2.94. The molecular weight excluding hydrogens is 364 g/mol. The first kappa shape index (κ1) is 16.6. The SMILES string of the molecule is CC1(C)OC2(C=Cc3c(ccc4c3oc(=O)c3ccccc34)O2)c2ccccc21. The Morgan fingerprint density at radius 1 is 0.793 bits per heavy atom. The molecule has 2 aliphatic rings. The molecule has 1 unspecified atom stereocenters. The molecular formula is C25H18O4. The van der Waals surface area contributed by atoms with Gasteiger partial charge >= 0.3 is 5.63 Å². The van der Waals surface area contributed by atoms with Crippen molar-refractivity contribution in [3.8, 4) is 5.75 Å². The largest absolute Gasteiger partial charge is 0.453 e. The molecule has 4 aromatic rings. The van der Waals surface area contributed by atoms with Gasteiger partial charge in [-0.2, -0.15) is 0 Å². The quantitative estimate of drug-likeness (QED) is 0.299. The zero-order chi connectivity index (χ0) is 19.8. The van der Waals surface area contributed by atoms with Crippen LogP contribution in [0.3, 0.4) is 0 Å². The number of hydrogen-bond acceptors (Lipinski definition) is 4. The number of benzene rings is 3. The minimum Gasteiger partial charge on any atom is -0.453 e. The first-order chi connectivity index (χ1) is 14.0. The van der Waals surface area contributed by atoms with Crippen LogP contribution in [0.15, 0.2) is 76.0 Å². The lowest BCUT2D eigenvalue weighted by Gasteiger charge is -2.33. The summed E-state index contributed by atoms with van der Waals surface area (Å²) in [6.07, 6.45) is 3.86. The van der Waals surface area contributed by atoms with Crippen molar-refractivity contribution >= 4 is 27.8 Å². The van der Waals surface area contributed by atoms with Crippen LogP contribution in [0.5, 0.6) is 5.75 Å². The van der Waals surface area contributed by atoms with Crippen molar-refractivity contribution in [2.75, 3.05) is 0 Å². The summed E-state index contributed by atoms with van der Waals surface area (Å²) >= 11 is 0. The third-order valence-electron chi connectivity index (χ3n) is 5.88. The third-order valence-corrected chi connectivity index (χ3v) is 5.88. The summed E-state index contributed by atoms with van der Waals surface area (Å²) in [7, 11) is 0. The zero-order valence-electron chi connectivity index (χ0n) is 16.1. The molecule has 3 heterocycles. The van der Waals surface area contributed by atoms with Gasteiger partial charge < -0.3 is 13.9 Å². The molecule has 0 aliphatic carbocycles. The Hall–Kier alpha value is -3.37. The van der Waals surface area contributed by atoms with Crippen LogP contribution in [0.1, 0.15) is 30.5 Å². The lowest BCUT2D eigenvalue weighted by Crippen LogP contribution is -2.35. The van der Waals surface area contributed by atoms with Crippen LogP contribution in [0, 0.1) is 0 Å². The van der Waals surface area contributed by atoms with Crippen molar-refractivity contribution in [1.29, 1.82) is 0 Å². The van der Waals surface area contributed by atoms with Gasteiger partial charge in [-0.15, -0.1) is 0 Å². The van der Waals surface area contributed by atoms with E-state index in [9.17, 15) is 4.79 Å². The maximum Gasteiger partial charge on any atom is 0.344 e. The number of fused-ring (bicyclic) bond motifs is 7. The van der Waals surface area contributed by atoms with E-state index in [0.717, 1.165) is 27.5 Å². The Kier molecular flexibility index (Phi) is 3.07. The Morgan fingerprint density at radius 3 is 2.34 bits per heavy atom. The van der Waals surface area contributed by atoms with Crippen LogP contribution in [0.4, 0.5) is 0 Å². The minimum atomic E-state index is -0.988. The summed E-state index contributed by atoms with van der Waals surface area (Å²) < 4.78 is 18.5. The van der Waals surface area contributed by atoms with E-state index in [2.05, 4.69) is 6.07 Å². The molecule has 4 nitrogen and oxygen atoms in total. The highest BCUT2D eigenvalue weighted by atomic mass is 16.7. The average molecular weight is 382 g/mol. The molecule has 29 heavy (non-hydrogen) atoms. The van der Waals surface area contributed by atoms with E-state index in [1.54, 1.807) is 6.07 Å². The Balaban J connectivity index is 1.59. The van der Waals surface area contributed by atoms with E-state index >= 15 is 0 Å². The minimum absolute atomic E-state index is 0.348. The molecule has 0 saturated carbocycles. The van der Waals surface area contributed by atoms with Gasteiger partial charge in [0, 0.05) is 10.9 Å². The van der Waals surface area contributed by atoms with Crippen molar-refractivity contribution in [2.24, 2.45) is 0 Å². The van der Waals surface area contributed by atoms with Crippen molar-refractivity contribution in [3.05, 3.63) is 93.9 Å². The Bertz CT molecular complexity index is 1410. The molecule has 1 atom stereocenters. The van der Waals surface area contributed by atoms with E-state index in [0.29, 0.717) is 16.7 Å². The van der Waals surface area contributed by atoms with Gasteiger partial charge in [0.2, 0.25) is 0 Å². The van der Waals surface area contributed by atoms with Crippen LogP contribution in [0.2, 0.25) is 0 Å². The van der Waals surface area contributed by atoms with E-state index in [1.807, 2.05) is 74.5 Å². The second-order valence-corrected chi connectivity index (χ2v) is 8.05. The fourth-order valence-electron chi connectivity index (χ4n) is 4.59. The maximum atomic E-state index is 12.5. The number of rotatable bonds is 0. The second kappa shape index (κ2) is 5.37. The van der Waals surface area contributed by atoms with Crippen molar-refractivity contribution < 1.29 is 13.9 Å². The molecule has 0 amide bonds. The Morgan fingerprint density at radius 2 is 1.52 bits per heavy atom. The smallest absolute Gasteiger partial charge is 0.344 e. The second-order valence-electron chi connectivity index (χ2n) is 8.05. The number of ether oxygens (including phenoxy) is 2. The summed E-state index contributed by atoms with van der Waals surface area (Å²) in [5.74, 6) is -0.358. The highest BCUT2D eigenvalue weighted by Crippen LogP contribution is 2.51. The predicted octanol–water partition coefficient (Wildman–Crippen LogP) is 5.47. The lowest BCUT2D eigenvalue weighted by atomic mass is 9.92. The molecule has 4 heteroatoms. The van der Waals surface area contributed by atoms with Crippen molar-refractivity contribution in [3.63, 3.8) is 0 Å². The van der Waals surface area contributed by atoms with Gasteiger partial charge in [-0.05, 0) is 55.1 Å². The van der Waals surface area contributed by atoms with Gasteiger partial charge in [-0.1, -0.05) is 42.5 Å². The van der Waals surface area contributed by atoms with Crippen molar-refractivity contribution in [1.82, 2.24) is 0 Å². The fourth-order valence-corrected chi connectivity index (χ4v) is 4.59. The van der Waals surface area contributed by atoms with Gasteiger partial charge in [0.15, 0.2) is 0 Å². The fraction of sp³-hybridized carbons (Fsp3) is 0.160. The van der Waals surface area contributed by atoms with Crippen LogP contribution in [-0.2, 0) is 16.1 Å². The van der Waals surface area contributed by atoms with Gasteiger partial charge in [0.25, 0.3) is 5.79 Å². The van der Waals surface area contributed by atoms with Gasteiger partial charge in [-0.3, -0.25) is 0 Å². The topological polar surface area (TPSA) is 48.7 Å². The Labute approximate surface area is 167 Å². The molecule has 6 rings (SSSR count). The van der Waals surface area contributed by atoms with Gasteiger partial charge in [-0.25, -0.2) is 4.79 Å². The molecule has 0 bridgehead atoms. The van der Waals surface area contributed by atoms with Crippen molar-refractivity contribution in [2.45, 2.75) is 25.2 Å². The third kappa shape index (κ3) is 2.15. The highest BCUT2D eigenvalue weighted by molar-refractivity contribution is 6.07. The molecule has 0 radical (unpaired) electrons. The highest BCUT2D eigenvalue weighted by Gasteiger charge is 2.50. The van der Waals surface area contributed by atoms with E-state index < -0.39 is 11.4 Å². The first-order valence-electron chi connectivity index (χ1n) is 9.65. The maximum absolute atomic E-state index is 12.5. The van der Waals surface area contributed by atoms with Gasteiger partial charge in [0.05, 0.1) is 16.6 Å². The molecule has 1 spiro atoms. The zero-order valence-corrected chi connectivity index (χ0v) is 16.1. The normalized spacial score (nSPS) is 21.3. The number of hydrogen-bond donors (Lipinski definition) is 0. The molecule has 142 valence electrons. The standard InChI is InChI=1S/C25H18O4/c1-24(2)19-9-5-6-10-20(19)25(29-24)14-13-18-21(28-25)12-11-16-15-7-3-4-8-17(15)23(26)27-22(16)18/h3-14H,1-2H3. The van der Waals surface area contributed by atoms with Crippen LogP contribution in [0.25, 0.3) is 27.8 Å². The summed E-state index contributed by atoms with van der Waals surface area (Å²) in [5, 5.41) is 2.34. The molecule has 3 aromatic carbocycles. The van der Waals surface area contributed by atoms with Crippen LogP contribution in [-0.4, -0.2) is 0 Å². The summed E-state index contributed by atoms with van der Waals surface area (Å²) in [6, 6.07) is 19.5. The van der Waals surface area contributed by atoms with Gasteiger partial charge in [0.1, 0.15) is 11.3 Å². The summed E-state index contributed by atoms with van der Waals surface area (Å²) in [5.41, 5.74) is 2.56. The molecule has 2 aliphatic heterocycles. The molecule has 0 N–H and O–H groups in total. The monoisotopic (exact) mass is 382 g/mol. The summed E-state index contributed by atoms with van der Waals surface area (Å²) in [6.45, 7) is 4.08. The molecule has 0 fully saturated rings. The van der Waals surface area contributed by atoms with Crippen LogP contribution < -0.4 is 10.4 Å². The first-order valence-corrected chi connectivity index (χ1v) is 9.65. The lowest BCUT2D eigenvalue weighted by molar-refractivity contribution is -0.201. The van der Waals surface area contributed by atoms with E-state index in [1.165, 1.54) is 0 Å². The van der Waals surface area contributed by atoms with E-state index in [4.69, 9.17) is 13.9 Å². The van der Waals surface area contributed by atoms with E-state index in [-0.39, 0.29) is 5.63 Å². The van der Waals surface area contributed by atoms with Crippen LogP contribution >= 0.6 is 0 Å².